The summed E-state index contributed by atoms with van der Waals surface area (Å²) in [4.78, 5) is 11.9. The van der Waals surface area contributed by atoms with Crippen LogP contribution in [0.1, 0.15) is 13.8 Å². The first-order chi connectivity index (χ1) is 10.4. The number of rotatable bonds is 6. The summed E-state index contributed by atoms with van der Waals surface area (Å²) in [5.74, 6) is -0.00483. The molecule has 118 valence electrons. The van der Waals surface area contributed by atoms with Gasteiger partial charge in [-0.15, -0.1) is 5.10 Å². The SMILES string of the molecule is CC(C)Oc1nnc(SCC(=O)Nc2cc(Cl)ccc2Cl)s1. The third-order valence-corrected chi connectivity index (χ3v) is 4.77. The van der Waals surface area contributed by atoms with Gasteiger partial charge in [-0.2, -0.15) is 0 Å². The highest BCUT2D eigenvalue weighted by Crippen LogP contribution is 2.29. The quantitative estimate of drug-likeness (QED) is 0.757. The number of nitrogens with zero attached hydrogens (tertiary/aromatic N) is 2. The van der Waals surface area contributed by atoms with E-state index in [-0.39, 0.29) is 17.8 Å². The second-order valence-corrected chi connectivity index (χ2v) is 7.47. The summed E-state index contributed by atoms with van der Waals surface area (Å²) < 4.78 is 6.09. The Morgan fingerprint density at radius 3 is 2.91 bits per heavy atom. The molecule has 0 saturated carbocycles. The maximum Gasteiger partial charge on any atom is 0.295 e. The highest BCUT2D eigenvalue weighted by atomic mass is 35.5. The first kappa shape index (κ1) is 17.3. The summed E-state index contributed by atoms with van der Waals surface area (Å²) in [6, 6.07) is 4.89. The molecule has 22 heavy (non-hydrogen) atoms. The van der Waals surface area contributed by atoms with Gasteiger partial charge >= 0.3 is 0 Å². The largest absolute Gasteiger partial charge is 0.466 e. The van der Waals surface area contributed by atoms with E-state index in [1.54, 1.807) is 18.2 Å². The highest BCUT2D eigenvalue weighted by Gasteiger charge is 2.11. The molecule has 0 aliphatic heterocycles. The molecule has 0 bridgehead atoms. The summed E-state index contributed by atoms with van der Waals surface area (Å²) in [7, 11) is 0. The second-order valence-electron chi connectivity index (χ2n) is 4.46. The zero-order valence-electron chi connectivity index (χ0n) is 11.8. The van der Waals surface area contributed by atoms with Crippen LogP contribution in [-0.4, -0.2) is 28.0 Å². The van der Waals surface area contributed by atoms with E-state index in [2.05, 4.69) is 15.5 Å². The van der Waals surface area contributed by atoms with Crippen LogP contribution in [0.15, 0.2) is 22.5 Å². The Morgan fingerprint density at radius 2 is 2.18 bits per heavy atom. The third kappa shape index (κ3) is 5.31. The third-order valence-electron chi connectivity index (χ3n) is 2.25. The molecule has 9 heteroatoms. The van der Waals surface area contributed by atoms with Crippen molar-refractivity contribution in [3.05, 3.63) is 28.2 Å². The minimum atomic E-state index is -0.198. The van der Waals surface area contributed by atoms with E-state index in [4.69, 9.17) is 27.9 Å². The van der Waals surface area contributed by atoms with Crippen LogP contribution >= 0.6 is 46.3 Å². The number of aromatic nitrogens is 2. The Labute approximate surface area is 146 Å². The average molecular weight is 378 g/mol. The maximum atomic E-state index is 11.9. The number of halogens is 2. The molecule has 1 aromatic carbocycles. The van der Waals surface area contributed by atoms with Crippen LogP contribution in [0.4, 0.5) is 5.69 Å². The van der Waals surface area contributed by atoms with E-state index in [0.717, 1.165) is 0 Å². The van der Waals surface area contributed by atoms with E-state index in [9.17, 15) is 4.79 Å². The molecule has 5 nitrogen and oxygen atoms in total. The van der Waals surface area contributed by atoms with Crippen molar-refractivity contribution in [1.29, 1.82) is 0 Å². The molecule has 1 aromatic heterocycles. The predicted octanol–water partition coefficient (Wildman–Crippen LogP) is 4.36. The first-order valence-electron chi connectivity index (χ1n) is 6.32. The first-order valence-corrected chi connectivity index (χ1v) is 8.87. The smallest absolute Gasteiger partial charge is 0.295 e. The van der Waals surface area contributed by atoms with Gasteiger partial charge < -0.3 is 10.1 Å². The Kier molecular flexibility index (Phi) is 6.31. The van der Waals surface area contributed by atoms with Crippen molar-refractivity contribution in [1.82, 2.24) is 10.2 Å². The van der Waals surface area contributed by atoms with Gasteiger partial charge in [0.25, 0.3) is 5.19 Å². The number of benzene rings is 1. The molecule has 0 aliphatic carbocycles. The van der Waals surface area contributed by atoms with Crippen molar-refractivity contribution in [2.45, 2.75) is 24.3 Å². The summed E-state index contributed by atoms with van der Waals surface area (Å²) in [5, 5.41) is 12.0. The monoisotopic (exact) mass is 377 g/mol. The molecule has 1 amide bonds. The number of ether oxygens (including phenoxy) is 1. The van der Waals surface area contributed by atoms with Crippen molar-refractivity contribution in [2.75, 3.05) is 11.1 Å². The Morgan fingerprint density at radius 1 is 1.41 bits per heavy atom. The van der Waals surface area contributed by atoms with Gasteiger partial charge in [0.1, 0.15) is 0 Å². The fraction of sp³-hybridized carbons (Fsp3) is 0.308. The van der Waals surface area contributed by atoms with Crippen LogP contribution in [0, 0.1) is 0 Å². The van der Waals surface area contributed by atoms with Crippen LogP contribution in [0.25, 0.3) is 0 Å². The van der Waals surface area contributed by atoms with Crippen molar-refractivity contribution >= 4 is 57.9 Å². The number of hydrogen-bond acceptors (Lipinski definition) is 6. The van der Waals surface area contributed by atoms with Crippen LogP contribution in [0.5, 0.6) is 5.19 Å². The number of carbonyl (C=O) groups is 1. The Bertz CT molecular complexity index is 664. The molecule has 2 rings (SSSR count). The fourth-order valence-corrected chi connectivity index (χ4v) is 3.35. The lowest BCUT2D eigenvalue weighted by atomic mass is 10.3. The standard InChI is InChI=1S/C13H13Cl2N3O2S2/c1-7(2)20-12-17-18-13(22-12)21-6-11(19)16-10-5-8(14)3-4-9(10)15/h3-5,7H,6H2,1-2H3,(H,16,19). The zero-order valence-corrected chi connectivity index (χ0v) is 14.9. The maximum absolute atomic E-state index is 11.9. The summed E-state index contributed by atoms with van der Waals surface area (Å²) in [6.07, 6.45) is 0.0408. The van der Waals surface area contributed by atoms with Gasteiger partial charge in [-0.1, -0.05) is 40.1 Å². The number of nitrogens with one attached hydrogen (secondary N) is 1. The van der Waals surface area contributed by atoms with Gasteiger partial charge in [-0.05, 0) is 43.4 Å². The Balaban J connectivity index is 1.87. The zero-order chi connectivity index (χ0) is 16.1. The average Bonchev–Trinajstić information content (AvgIpc) is 2.87. The molecule has 0 fully saturated rings. The van der Waals surface area contributed by atoms with Crippen molar-refractivity contribution in [3.8, 4) is 5.19 Å². The van der Waals surface area contributed by atoms with Gasteiger partial charge in [-0.25, -0.2) is 0 Å². The summed E-state index contributed by atoms with van der Waals surface area (Å²) >= 11 is 14.5. The molecule has 2 aromatic rings. The minimum absolute atomic E-state index is 0.0408. The molecule has 0 unspecified atom stereocenters. The van der Waals surface area contributed by atoms with E-state index in [0.29, 0.717) is 25.3 Å². The summed E-state index contributed by atoms with van der Waals surface area (Å²) in [5.41, 5.74) is 0.487. The van der Waals surface area contributed by atoms with Gasteiger partial charge in [0.05, 0.1) is 22.6 Å². The molecule has 0 saturated heterocycles. The van der Waals surface area contributed by atoms with Crippen LogP contribution in [0.2, 0.25) is 10.0 Å². The molecule has 1 N–H and O–H groups in total. The van der Waals surface area contributed by atoms with Gasteiger partial charge in [-0.3, -0.25) is 4.79 Å². The lowest BCUT2D eigenvalue weighted by Gasteiger charge is -2.06. The number of thioether (sulfide) groups is 1. The van der Waals surface area contributed by atoms with Crippen molar-refractivity contribution in [3.63, 3.8) is 0 Å². The van der Waals surface area contributed by atoms with Gasteiger partial charge in [0, 0.05) is 5.02 Å². The molecule has 0 spiro atoms. The Hall–Kier alpha value is -1.02. The molecule has 1 heterocycles. The van der Waals surface area contributed by atoms with Crippen molar-refractivity contribution in [2.24, 2.45) is 0 Å². The lowest BCUT2D eigenvalue weighted by molar-refractivity contribution is -0.113. The number of hydrogen-bond donors (Lipinski definition) is 1. The number of amides is 1. The van der Waals surface area contributed by atoms with Crippen LogP contribution in [-0.2, 0) is 4.79 Å². The van der Waals surface area contributed by atoms with Gasteiger partial charge in [0.2, 0.25) is 5.91 Å². The number of anilines is 1. The molecule has 0 atom stereocenters. The lowest BCUT2D eigenvalue weighted by Crippen LogP contribution is -2.14. The van der Waals surface area contributed by atoms with E-state index in [1.165, 1.54) is 23.1 Å². The fourth-order valence-electron chi connectivity index (χ4n) is 1.41. The molecule has 0 radical (unpaired) electrons. The summed E-state index contributed by atoms with van der Waals surface area (Å²) in [6.45, 7) is 3.83. The van der Waals surface area contributed by atoms with Gasteiger partial charge in [0.15, 0.2) is 4.34 Å². The second kappa shape index (κ2) is 8.01. The highest BCUT2D eigenvalue weighted by molar-refractivity contribution is 8.01. The van der Waals surface area contributed by atoms with E-state index in [1.807, 2.05) is 13.8 Å². The molecular formula is C13H13Cl2N3O2S2. The normalized spacial score (nSPS) is 10.8. The molecular weight excluding hydrogens is 365 g/mol. The molecule has 0 aliphatic rings. The van der Waals surface area contributed by atoms with E-state index >= 15 is 0 Å². The number of carbonyl (C=O) groups excluding carboxylic acids is 1. The van der Waals surface area contributed by atoms with E-state index < -0.39 is 0 Å². The predicted molar refractivity (Wildman–Crippen MR) is 91.5 cm³/mol. The van der Waals surface area contributed by atoms with Crippen LogP contribution < -0.4 is 10.1 Å². The van der Waals surface area contributed by atoms with Crippen molar-refractivity contribution < 1.29 is 9.53 Å². The minimum Gasteiger partial charge on any atom is -0.466 e. The van der Waals surface area contributed by atoms with Crippen LogP contribution in [0.3, 0.4) is 0 Å². The topological polar surface area (TPSA) is 64.1 Å².